The number of hydrogen-bond donors (Lipinski definition) is 1. The summed E-state index contributed by atoms with van der Waals surface area (Å²) in [5.74, 6) is -0.265. The molecule has 0 aliphatic carbocycles. The van der Waals surface area contributed by atoms with Crippen LogP contribution in [0.15, 0.2) is 35.2 Å². The quantitative estimate of drug-likeness (QED) is 0.636. The standard InChI is InChI=1S/C23H28Cl2N2O3S/c1-14-11-16(3)20(12-15(14)2)17(4)26-23(28)18-7-9-27(10-8-18)31(29,30)22-13-19(24)5-6-21(22)25/h5-6,11-13,17-18H,7-10H2,1-4H3,(H,26,28). The van der Waals surface area contributed by atoms with Crippen molar-refractivity contribution in [2.75, 3.05) is 13.1 Å². The van der Waals surface area contributed by atoms with Gasteiger partial charge in [0.2, 0.25) is 15.9 Å². The van der Waals surface area contributed by atoms with E-state index in [-0.39, 0.29) is 40.9 Å². The van der Waals surface area contributed by atoms with E-state index in [1.54, 1.807) is 6.07 Å². The number of sulfonamides is 1. The lowest BCUT2D eigenvalue weighted by atomic mass is 9.94. The van der Waals surface area contributed by atoms with Gasteiger partial charge >= 0.3 is 0 Å². The Morgan fingerprint density at radius 1 is 1.03 bits per heavy atom. The summed E-state index contributed by atoms with van der Waals surface area (Å²) in [5, 5.41) is 3.56. The molecule has 2 aromatic carbocycles. The first-order valence-corrected chi connectivity index (χ1v) is 12.5. The van der Waals surface area contributed by atoms with Crippen molar-refractivity contribution in [3.63, 3.8) is 0 Å². The molecule has 1 heterocycles. The third-order valence-corrected chi connectivity index (χ3v) is 8.66. The number of aryl methyl sites for hydroxylation is 3. The highest BCUT2D eigenvalue weighted by atomic mass is 35.5. The molecule has 8 heteroatoms. The highest BCUT2D eigenvalue weighted by Gasteiger charge is 2.33. The van der Waals surface area contributed by atoms with E-state index in [0.29, 0.717) is 17.9 Å². The minimum absolute atomic E-state index is 0.00315. The van der Waals surface area contributed by atoms with Gasteiger partial charge in [0.05, 0.1) is 11.1 Å². The topological polar surface area (TPSA) is 66.5 Å². The minimum atomic E-state index is -3.76. The van der Waals surface area contributed by atoms with Crippen LogP contribution in [0.5, 0.6) is 0 Å². The number of nitrogens with one attached hydrogen (secondary N) is 1. The van der Waals surface area contributed by atoms with Gasteiger partial charge in [-0.15, -0.1) is 0 Å². The van der Waals surface area contributed by atoms with Gasteiger partial charge in [0.1, 0.15) is 4.90 Å². The molecule has 1 N–H and O–H groups in total. The average Bonchev–Trinajstić information content (AvgIpc) is 2.72. The van der Waals surface area contributed by atoms with Crippen molar-refractivity contribution in [1.82, 2.24) is 9.62 Å². The largest absolute Gasteiger partial charge is 0.349 e. The maximum absolute atomic E-state index is 13.0. The van der Waals surface area contributed by atoms with Crippen LogP contribution < -0.4 is 5.32 Å². The molecule has 1 aliphatic rings. The van der Waals surface area contributed by atoms with Crippen LogP contribution in [0.3, 0.4) is 0 Å². The number of piperidine rings is 1. The zero-order valence-electron chi connectivity index (χ0n) is 18.2. The van der Waals surface area contributed by atoms with Gasteiger partial charge in [0.25, 0.3) is 0 Å². The van der Waals surface area contributed by atoms with Crippen LogP contribution in [0.2, 0.25) is 10.0 Å². The summed E-state index contributed by atoms with van der Waals surface area (Å²) < 4.78 is 27.3. The molecule has 0 spiro atoms. The second kappa shape index (κ2) is 9.49. The summed E-state index contributed by atoms with van der Waals surface area (Å²) in [7, 11) is -3.76. The van der Waals surface area contributed by atoms with Crippen LogP contribution in [0.4, 0.5) is 0 Å². The summed E-state index contributed by atoms with van der Waals surface area (Å²) in [6.45, 7) is 8.70. The van der Waals surface area contributed by atoms with Crippen molar-refractivity contribution in [2.24, 2.45) is 5.92 Å². The summed E-state index contributed by atoms with van der Waals surface area (Å²) in [6.07, 6.45) is 0.920. The van der Waals surface area contributed by atoms with Gasteiger partial charge in [-0.2, -0.15) is 4.31 Å². The lowest BCUT2D eigenvalue weighted by Crippen LogP contribution is -2.43. The Hall–Kier alpha value is -1.60. The predicted molar refractivity (Wildman–Crippen MR) is 125 cm³/mol. The number of carbonyl (C=O) groups is 1. The normalized spacial score (nSPS) is 16.8. The van der Waals surface area contributed by atoms with Gasteiger partial charge in [0, 0.05) is 24.0 Å². The zero-order valence-corrected chi connectivity index (χ0v) is 20.5. The molecule has 0 saturated carbocycles. The molecule has 1 fully saturated rings. The molecule has 2 aromatic rings. The van der Waals surface area contributed by atoms with Crippen LogP contribution in [0, 0.1) is 26.7 Å². The number of amides is 1. The zero-order chi connectivity index (χ0) is 22.9. The number of benzene rings is 2. The van der Waals surface area contributed by atoms with Crippen molar-refractivity contribution in [1.29, 1.82) is 0 Å². The highest BCUT2D eigenvalue weighted by molar-refractivity contribution is 7.89. The van der Waals surface area contributed by atoms with Gasteiger partial charge in [-0.1, -0.05) is 35.3 Å². The minimum Gasteiger partial charge on any atom is -0.349 e. The first-order valence-electron chi connectivity index (χ1n) is 10.3. The summed E-state index contributed by atoms with van der Waals surface area (Å²) in [5.41, 5.74) is 4.68. The number of rotatable bonds is 5. The van der Waals surface area contributed by atoms with Crippen LogP contribution in [0.25, 0.3) is 0 Å². The summed E-state index contributed by atoms with van der Waals surface area (Å²) in [6, 6.07) is 8.55. The first kappa shape index (κ1) is 24.1. The fourth-order valence-corrected chi connectivity index (χ4v) is 6.24. The summed E-state index contributed by atoms with van der Waals surface area (Å²) >= 11 is 12.1. The Labute approximate surface area is 194 Å². The van der Waals surface area contributed by atoms with E-state index in [1.165, 1.54) is 27.6 Å². The number of hydrogen-bond acceptors (Lipinski definition) is 3. The summed E-state index contributed by atoms with van der Waals surface area (Å²) in [4.78, 5) is 12.9. The molecule has 5 nitrogen and oxygen atoms in total. The molecule has 168 valence electrons. The smallest absolute Gasteiger partial charge is 0.244 e. The Morgan fingerprint density at radius 3 is 2.29 bits per heavy atom. The molecule has 0 radical (unpaired) electrons. The molecule has 1 unspecified atom stereocenters. The van der Waals surface area contributed by atoms with Crippen LogP contribution >= 0.6 is 23.2 Å². The highest BCUT2D eigenvalue weighted by Crippen LogP contribution is 2.31. The maximum atomic E-state index is 13.0. The molecule has 0 aromatic heterocycles. The van der Waals surface area contributed by atoms with Crippen LogP contribution in [-0.2, 0) is 14.8 Å². The van der Waals surface area contributed by atoms with Crippen molar-refractivity contribution in [3.05, 3.63) is 62.6 Å². The average molecular weight is 483 g/mol. The predicted octanol–water partition coefficient (Wildman–Crippen LogP) is 5.20. The van der Waals surface area contributed by atoms with Crippen LogP contribution in [0.1, 0.15) is 48.1 Å². The van der Waals surface area contributed by atoms with Crippen molar-refractivity contribution in [2.45, 2.75) is 51.5 Å². The Bertz CT molecular complexity index is 1090. The molecular weight excluding hydrogens is 455 g/mol. The lowest BCUT2D eigenvalue weighted by molar-refractivity contribution is -0.126. The van der Waals surface area contributed by atoms with Gasteiger partial charge in [0.15, 0.2) is 0 Å². The third-order valence-electron chi connectivity index (χ3n) is 6.04. The molecule has 0 bridgehead atoms. The van der Waals surface area contributed by atoms with Crippen LogP contribution in [-0.4, -0.2) is 31.7 Å². The number of halogens is 2. The molecule has 1 saturated heterocycles. The molecular formula is C23H28Cl2N2O3S. The molecule has 3 rings (SSSR count). The fraction of sp³-hybridized carbons (Fsp3) is 0.435. The second-order valence-electron chi connectivity index (χ2n) is 8.28. The first-order chi connectivity index (χ1) is 14.5. The van der Waals surface area contributed by atoms with Gasteiger partial charge in [-0.05, 0) is 81.0 Å². The third kappa shape index (κ3) is 5.25. The van der Waals surface area contributed by atoms with Gasteiger partial charge in [-0.3, -0.25) is 4.79 Å². The van der Waals surface area contributed by atoms with E-state index in [9.17, 15) is 13.2 Å². The second-order valence-corrected chi connectivity index (χ2v) is 11.0. The van der Waals surface area contributed by atoms with Gasteiger partial charge in [-0.25, -0.2) is 8.42 Å². The molecule has 1 amide bonds. The lowest BCUT2D eigenvalue weighted by Gasteiger charge is -2.31. The van der Waals surface area contributed by atoms with E-state index >= 15 is 0 Å². The number of nitrogens with zero attached hydrogens (tertiary/aromatic N) is 1. The van der Waals surface area contributed by atoms with Crippen molar-refractivity contribution >= 4 is 39.1 Å². The maximum Gasteiger partial charge on any atom is 0.244 e. The van der Waals surface area contributed by atoms with E-state index in [1.807, 2.05) is 6.92 Å². The van der Waals surface area contributed by atoms with Gasteiger partial charge < -0.3 is 5.32 Å². The van der Waals surface area contributed by atoms with Crippen molar-refractivity contribution < 1.29 is 13.2 Å². The Kier molecular flexibility index (Phi) is 7.36. The SMILES string of the molecule is Cc1cc(C)c(C(C)NC(=O)C2CCN(S(=O)(=O)c3cc(Cl)ccc3Cl)CC2)cc1C. The van der Waals surface area contributed by atoms with E-state index in [4.69, 9.17) is 23.2 Å². The molecule has 31 heavy (non-hydrogen) atoms. The van der Waals surface area contributed by atoms with E-state index in [2.05, 4.69) is 38.2 Å². The Morgan fingerprint density at radius 2 is 1.65 bits per heavy atom. The van der Waals surface area contributed by atoms with E-state index < -0.39 is 10.0 Å². The van der Waals surface area contributed by atoms with Crippen molar-refractivity contribution in [3.8, 4) is 0 Å². The van der Waals surface area contributed by atoms with E-state index in [0.717, 1.165) is 11.1 Å². The Balaban J connectivity index is 1.65. The molecule has 1 atom stereocenters. The monoisotopic (exact) mass is 482 g/mol. The fourth-order valence-electron chi connectivity index (χ4n) is 4.03. The number of carbonyl (C=O) groups excluding carboxylic acids is 1. The molecule has 1 aliphatic heterocycles.